The van der Waals surface area contributed by atoms with Gasteiger partial charge < -0.3 is 15.4 Å². The van der Waals surface area contributed by atoms with E-state index >= 15 is 0 Å². The van der Waals surface area contributed by atoms with Gasteiger partial charge in [-0.25, -0.2) is 9.37 Å². The number of aryl methyl sites for hydroxylation is 1. The van der Waals surface area contributed by atoms with Crippen LogP contribution >= 0.6 is 23.7 Å². The van der Waals surface area contributed by atoms with Crippen LogP contribution in [-0.2, 0) is 13.1 Å². The molecule has 8 heteroatoms. The van der Waals surface area contributed by atoms with E-state index in [1.165, 1.54) is 37.6 Å². The molecule has 0 aliphatic carbocycles. The third kappa shape index (κ3) is 4.66. The van der Waals surface area contributed by atoms with Gasteiger partial charge in [-0.15, -0.1) is 11.8 Å². The smallest absolute Gasteiger partial charge is 0.128 e. The summed E-state index contributed by atoms with van der Waals surface area (Å²) < 4.78 is 18.0. The molecule has 2 fully saturated rings. The summed E-state index contributed by atoms with van der Waals surface area (Å²) in [7, 11) is 0. The second-order valence-electron chi connectivity index (χ2n) is 8.37. The first-order chi connectivity index (χ1) is 15.2. The lowest BCUT2D eigenvalue weighted by atomic mass is 10.0. The fraction of sp³-hybridized carbons (Fsp3) is 0.435. The van der Waals surface area contributed by atoms with Gasteiger partial charge in [0.05, 0.1) is 17.3 Å². The van der Waals surface area contributed by atoms with Crippen LogP contribution < -0.4 is 15.4 Å². The maximum atomic E-state index is 14.8. The van der Waals surface area contributed by atoms with E-state index in [2.05, 4.69) is 36.7 Å². The minimum Gasteiger partial charge on any atom is -0.379 e. The van der Waals surface area contributed by atoms with Gasteiger partial charge in [0.15, 0.2) is 0 Å². The Morgan fingerprint density at radius 2 is 2.00 bits per heavy atom. The van der Waals surface area contributed by atoms with E-state index in [4.69, 9.17) is 0 Å². The van der Waals surface area contributed by atoms with Crippen LogP contribution in [0.2, 0.25) is 0 Å². The molecule has 1 aromatic carbocycles. The number of hydrogen-bond donors (Lipinski definition) is 3. The van der Waals surface area contributed by atoms with E-state index in [0.29, 0.717) is 18.6 Å². The van der Waals surface area contributed by atoms with Crippen molar-refractivity contribution in [1.29, 1.82) is 0 Å². The lowest BCUT2D eigenvalue weighted by Crippen LogP contribution is -2.28. The summed E-state index contributed by atoms with van der Waals surface area (Å²) in [5.41, 5.74) is 3.71. The Morgan fingerprint density at radius 3 is 2.71 bits per heavy atom. The van der Waals surface area contributed by atoms with Crippen LogP contribution in [0.5, 0.6) is 0 Å². The molecule has 31 heavy (non-hydrogen) atoms. The molecule has 0 atom stereocenters. The molecule has 0 radical (unpaired) electrons. The topological polar surface area (TPSA) is 52.2 Å². The summed E-state index contributed by atoms with van der Waals surface area (Å²) in [4.78, 5) is 7.27. The van der Waals surface area contributed by atoms with E-state index < -0.39 is 0 Å². The highest BCUT2D eigenvalue weighted by Gasteiger charge is 2.39. The van der Waals surface area contributed by atoms with Gasteiger partial charge in [-0.1, -0.05) is 12.1 Å². The summed E-state index contributed by atoms with van der Waals surface area (Å²) in [5.74, 6) is 1.78. The number of nitrogens with one attached hydrogen (secondary N) is 3. The van der Waals surface area contributed by atoms with Crippen LogP contribution in [0.25, 0.3) is 0 Å². The van der Waals surface area contributed by atoms with Gasteiger partial charge in [0.25, 0.3) is 0 Å². The first-order valence-electron chi connectivity index (χ1n) is 10.9. The van der Waals surface area contributed by atoms with Gasteiger partial charge in [0.1, 0.15) is 16.7 Å². The van der Waals surface area contributed by atoms with E-state index in [-0.39, 0.29) is 5.82 Å². The summed E-state index contributed by atoms with van der Waals surface area (Å²) >= 11 is 3.22. The third-order valence-electron chi connectivity index (χ3n) is 6.50. The Balaban J connectivity index is 1.24. The predicted octanol–water partition coefficient (Wildman–Crippen LogP) is 4.96. The molecule has 3 aliphatic rings. The van der Waals surface area contributed by atoms with Crippen LogP contribution in [0, 0.1) is 12.7 Å². The molecule has 5 rings (SSSR count). The quantitative estimate of drug-likeness (QED) is 0.485. The van der Waals surface area contributed by atoms with Gasteiger partial charge in [0, 0.05) is 48.1 Å². The van der Waals surface area contributed by atoms with Crippen LogP contribution in [0.4, 0.5) is 10.1 Å². The molecule has 0 spiro atoms. The standard InChI is InChI=1S/C23H28FN5S2/c1-15-21(9-10-23(27-15)31-28-22-13-30-14-26-22)25-11-19-16(3-2-4-20(19)24)12-29-17-5-6-18(29)8-7-17/h2-4,9-10,13,17-18,25-26,28H,5-8,11-12,14H2,1H3. The van der Waals surface area contributed by atoms with E-state index in [0.717, 1.165) is 45.8 Å². The summed E-state index contributed by atoms with van der Waals surface area (Å²) in [6, 6.07) is 10.9. The Hall–Kier alpha value is -1.90. The Bertz CT molecular complexity index is 962. The highest BCUT2D eigenvalue weighted by atomic mass is 32.2. The van der Waals surface area contributed by atoms with Crippen molar-refractivity contribution < 1.29 is 4.39 Å². The fourth-order valence-corrected chi connectivity index (χ4v) is 6.21. The van der Waals surface area contributed by atoms with E-state index in [1.54, 1.807) is 17.8 Å². The first-order valence-corrected chi connectivity index (χ1v) is 12.8. The first kappa shape index (κ1) is 21.0. The monoisotopic (exact) mass is 457 g/mol. The van der Waals surface area contributed by atoms with Crippen molar-refractivity contribution in [2.75, 3.05) is 11.2 Å². The zero-order valence-corrected chi connectivity index (χ0v) is 19.3. The highest BCUT2D eigenvalue weighted by molar-refractivity contribution is 8.02. The number of nitrogens with zero attached hydrogens (tertiary/aromatic N) is 2. The zero-order valence-electron chi connectivity index (χ0n) is 17.7. The summed E-state index contributed by atoms with van der Waals surface area (Å²) in [6.07, 6.45) is 5.18. The van der Waals surface area contributed by atoms with Crippen LogP contribution in [-0.4, -0.2) is 27.8 Å². The molecule has 4 heterocycles. The number of rotatable bonds is 8. The molecular weight excluding hydrogens is 429 g/mol. The Kier molecular flexibility index (Phi) is 6.29. The van der Waals surface area contributed by atoms with Crippen LogP contribution in [0.1, 0.15) is 42.5 Å². The SMILES string of the molecule is Cc1nc(SNC2=CSCN2)ccc1NCc1c(F)cccc1CN1C2CCC1CC2. The maximum Gasteiger partial charge on any atom is 0.128 e. The number of pyridine rings is 1. The summed E-state index contributed by atoms with van der Waals surface area (Å²) in [6.45, 7) is 3.30. The molecule has 0 unspecified atom stereocenters. The molecular formula is C23H28FN5S2. The minimum absolute atomic E-state index is 0.131. The van der Waals surface area contributed by atoms with Crippen LogP contribution in [0.3, 0.4) is 0 Å². The van der Waals surface area contributed by atoms with Gasteiger partial charge in [0.2, 0.25) is 0 Å². The highest BCUT2D eigenvalue weighted by Crippen LogP contribution is 2.38. The van der Waals surface area contributed by atoms with Crippen molar-refractivity contribution >= 4 is 29.4 Å². The molecule has 164 valence electrons. The molecule has 3 aliphatic heterocycles. The minimum atomic E-state index is -0.131. The average molecular weight is 458 g/mol. The zero-order chi connectivity index (χ0) is 21.2. The second kappa shape index (κ2) is 9.30. The average Bonchev–Trinajstić information content (AvgIpc) is 3.51. The third-order valence-corrected chi connectivity index (χ3v) is 7.97. The van der Waals surface area contributed by atoms with Gasteiger partial charge in [-0.05, 0) is 56.4 Å². The molecule has 1 aromatic heterocycles. The van der Waals surface area contributed by atoms with Gasteiger partial charge in [-0.3, -0.25) is 4.90 Å². The second-order valence-corrected chi connectivity index (χ2v) is 10.1. The lowest BCUT2D eigenvalue weighted by Gasteiger charge is -2.23. The van der Waals surface area contributed by atoms with Crippen molar-refractivity contribution in [3.8, 4) is 0 Å². The van der Waals surface area contributed by atoms with E-state index in [9.17, 15) is 4.39 Å². The maximum absolute atomic E-state index is 14.8. The molecule has 2 saturated heterocycles. The predicted molar refractivity (Wildman–Crippen MR) is 127 cm³/mol. The normalized spacial score (nSPS) is 22.5. The van der Waals surface area contributed by atoms with Crippen molar-refractivity contribution in [1.82, 2.24) is 19.9 Å². The van der Waals surface area contributed by atoms with Crippen molar-refractivity contribution in [2.45, 2.75) is 62.8 Å². The molecule has 0 saturated carbocycles. The van der Waals surface area contributed by atoms with Gasteiger partial charge in [-0.2, -0.15) is 0 Å². The molecule has 0 amide bonds. The number of anilines is 1. The largest absolute Gasteiger partial charge is 0.379 e. The fourth-order valence-electron chi connectivity index (χ4n) is 4.84. The van der Waals surface area contributed by atoms with Gasteiger partial charge >= 0.3 is 0 Å². The Labute approximate surface area is 191 Å². The molecule has 2 bridgehead atoms. The number of thioether (sulfide) groups is 1. The van der Waals surface area contributed by atoms with Crippen molar-refractivity contribution in [2.24, 2.45) is 0 Å². The molecule has 5 nitrogen and oxygen atoms in total. The number of halogens is 1. The van der Waals surface area contributed by atoms with Crippen molar-refractivity contribution in [3.63, 3.8) is 0 Å². The number of benzene rings is 1. The number of aromatic nitrogens is 1. The van der Waals surface area contributed by atoms with Crippen LogP contribution in [0.15, 0.2) is 46.6 Å². The molecule has 2 aromatic rings. The van der Waals surface area contributed by atoms with E-state index in [1.807, 2.05) is 25.1 Å². The lowest BCUT2D eigenvalue weighted by molar-refractivity contribution is 0.243. The van der Waals surface area contributed by atoms with Crippen molar-refractivity contribution in [3.05, 3.63) is 64.2 Å². The summed E-state index contributed by atoms with van der Waals surface area (Å²) in [5, 5.41) is 9.64. The number of fused-ring (bicyclic) bond motifs is 2. The Morgan fingerprint density at radius 1 is 1.19 bits per heavy atom. The number of hydrogen-bond acceptors (Lipinski definition) is 7. The molecule has 3 N–H and O–H groups in total.